The molecule has 0 aliphatic carbocycles. The van der Waals surface area contributed by atoms with E-state index in [1.807, 2.05) is 49.5 Å². The van der Waals surface area contributed by atoms with E-state index in [0.29, 0.717) is 42.2 Å². The van der Waals surface area contributed by atoms with Gasteiger partial charge in [-0.3, -0.25) is 9.59 Å². The lowest BCUT2D eigenvalue weighted by Gasteiger charge is -2.25. The molecule has 1 aliphatic heterocycles. The van der Waals surface area contributed by atoms with Crippen molar-refractivity contribution in [2.24, 2.45) is 0 Å². The van der Waals surface area contributed by atoms with Gasteiger partial charge in [0.25, 0.3) is 11.7 Å². The molecule has 1 aliphatic rings. The maximum Gasteiger partial charge on any atom is 0.295 e. The third-order valence-electron chi connectivity index (χ3n) is 6.71. The third-order valence-corrected chi connectivity index (χ3v) is 6.71. The molecule has 188 valence electrons. The fraction of sp³-hybridized carbons (Fsp3) is 0.200. The number of hydrogen-bond acceptors (Lipinski definition) is 5. The predicted molar refractivity (Wildman–Crippen MR) is 142 cm³/mol. The molecule has 2 heterocycles. The number of carbonyl (C=O) groups excluding carboxylic acids is 2. The van der Waals surface area contributed by atoms with Crippen LogP contribution in [0.15, 0.2) is 84.6 Å². The Kier molecular flexibility index (Phi) is 6.68. The fourth-order valence-corrected chi connectivity index (χ4v) is 4.85. The molecule has 1 amide bonds. The van der Waals surface area contributed by atoms with E-state index in [9.17, 15) is 14.7 Å². The van der Waals surface area contributed by atoms with Crippen molar-refractivity contribution in [1.29, 1.82) is 0 Å². The summed E-state index contributed by atoms with van der Waals surface area (Å²) in [5.74, 6) is -0.230. The van der Waals surface area contributed by atoms with Crippen LogP contribution in [-0.2, 0) is 16.0 Å². The maximum absolute atomic E-state index is 13.3. The second-order valence-electron chi connectivity index (χ2n) is 8.83. The van der Waals surface area contributed by atoms with Crippen molar-refractivity contribution in [3.05, 3.63) is 101 Å². The first-order valence-electron chi connectivity index (χ1n) is 12.2. The molecule has 37 heavy (non-hydrogen) atoms. The van der Waals surface area contributed by atoms with E-state index in [1.54, 1.807) is 48.4 Å². The Hall–Kier alpha value is -4.52. The first-order valence-corrected chi connectivity index (χ1v) is 12.2. The van der Waals surface area contributed by atoms with Gasteiger partial charge in [-0.1, -0.05) is 30.3 Å². The number of benzene rings is 3. The van der Waals surface area contributed by atoms with Crippen LogP contribution in [0.4, 0.5) is 0 Å². The van der Waals surface area contributed by atoms with Gasteiger partial charge in [0.1, 0.15) is 17.3 Å². The van der Waals surface area contributed by atoms with Crippen molar-refractivity contribution in [1.82, 2.24) is 9.88 Å². The molecule has 1 atom stereocenters. The average Bonchev–Trinajstić information content (AvgIpc) is 3.46. The number of methoxy groups -OCH3 is 1. The van der Waals surface area contributed by atoms with Gasteiger partial charge in [0.15, 0.2) is 0 Å². The van der Waals surface area contributed by atoms with Crippen molar-refractivity contribution in [2.45, 2.75) is 19.4 Å². The summed E-state index contributed by atoms with van der Waals surface area (Å²) < 4.78 is 10.8. The van der Waals surface area contributed by atoms with Gasteiger partial charge in [-0.2, -0.15) is 0 Å². The lowest BCUT2D eigenvalue weighted by Crippen LogP contribution is -2.31. The number of aromatic amines is 1. The van der Waals surface area contributed by atoms with E-state index in [0.717, 1.165) is 16.5 Å². The van der Waals surface area contributed by atoms with E-state index in [-0.39, 0.29) is 11.3 Å². The number of aliphatic hydroxyl groups is 1. The number of aliphatic hydroxyl groups excluding tert-OH is 1. The Bertz CT molecular complexity index is 1470. The number of H-pyrrole nitrogens is 1. The maximum atomic E-state index is 13.3. The smallest absolute Gasteiger partial charge is 0.295 e. The molecule has 7 nitrogen and oxygen atoms in total. The van der Waals surface area contributed by atoms with Crippen LogP contribution in [-0.4, -0.2) is 46.9 Å². The van der Waals surface area contributed by atoms with Crippen LogP contribution in [0.3, 0.4) is 0 Å². The number of carbonyl (C=O) groups is 2. The Labute approximate surface area is 214 Å². The number of Topliss-reactive ketones (excluding diaryl/α,β-unsaturated/α-hetero) is 1. The first kappa shape index (κ1) is 24.2. The van der Waals surface area contributed by atoms with E-state index in [1.165, 1.54) is 0 Å². The standard InChI is InChI=1S/C30H28N2O5/c1-3-37-23-14-10-20(11-15-23)28(33)26-27(19-8-12-22(36-2)13-9-19)32(30(35)29(26)34)17-16-21-18-31-25-7-5-4-6-24(21)25/h4-15,18,27,31,33H,3,16-17H2,1-2H3/t27-/m1/s1. The van der Waals surface area contributed by atoms with Crippen molar-refractivity contribution >= 4 is 28.4 Å². The van der Waals surface area contributed by atoms with E-state index in [2.05, 4.69) is 4.98 Å². The number of nitrogens with zero attached hydrogens (tertiary/aromatic N) is 1. The molecule has 0 saturated carbocycles. The zero-order valence-corrected chi connectivity index (χ0v) is 20.7. The second-order valence-corrected chi connectivity index (χ2v) is 8.83. The number of fused-ring (bicyclic) bond motifs is 1. The molecule has 7 heteroatoms. The highest BCUT2D eigenvalue weighted by atomic mass is 16.5. The average molecular weight is 497 g/mol. The van der Waals surface area contributed by atoms with E-state index < -0.39 is 17.7 Å². The molecule has 4 aromatic rings. The number of likely N-dealkylation sites (tertiary alicyclic amines) is 1. The summed E-state index contributed by atoms with van der Waals surface area (Å²) >= 11 is 0. The highest BCUT2D eigenvalue weighted by molar-refractivity contribution is 6.46. The number of rotatable bonds is 8. The number of nitrogens with one attached hydrogen (secondary N) is 1. The van der Waals surface area contributed by atoms with Gasteiger partial charge in [0.05, 0.1) is 25.3 Å². The van der Waals surface area contributed by atoms with Gasteiger partial charge >= 0.3 is 0 Å². The zero-order valence-electron chi connectivity index (χ0n) is 20.7. The third kappa shape index (κ3) is 4.56. The lowest BCUT2D eigenvalue weighted by atomic mass is 9.95. The van der Waals surface area contributed by atoms with Crippen molar-refractivity contribution < 1.29 is 24.2 Å². The summed E-state index contributed by atoms with van der Waals surface area (Å²) in [6.07, 6.45) is 2.48. The van der Waals surface area contributed by atoms with Gasteiger partial charge < -0.3 is 24.5 Å². The van der Waals surface area contributed by atoms with Crippen molar-refractivity contribution in [3.8, 4) is 11.5 Å². The molecule has 0 radical (unpaired) electrons. The van der Waals surface area contributed by atoms with Crippen LogP contribution in [0.2, 0.25) is 0 Å². The van der Waals surface area contributed by atoms with Crippen LogP contribution in [0.1, 0.15) is 29.7 Å². The topological polar surface area (TPSA) is 91.9 Å². The van der Waals surface area contributed by atoms with Gasteiger partial charge in [-0.15, -0.1) is 0 Å². The minimum Gasteiger partial charge on any atom is -0.507 e. The van der Waals surface area contributed by atoms with Gasteiger partial charge in [0, 0.05) is 29.2 Å². The normalized spacial score (nSPS) is 16.9. The number of hydrogen-bond donors (Lipinski definition) is 2. The van der Waals surface area contributed by atoms with Crippen molar-refractivity contribution in [3.63, 3.8) is 0 Å². The number of para-hydroxylation sites is 1. The molecular formula is C30H28N2O5. The van der Waals surface area contributed by atoms with Crippen molar-refractivity contribution in [2.75, 3.05) is 20.3 Å². The summed E-state index contributed by atoms with van der Waals surface area (Å²) in [5.41, 5.74) is 3.29. The largest absolute Gasteiger partial charge is 0.507 e. The monoisotopic (exact) mass is 496 g/mol. The molecule has 0 bridgehead atoms. The molecular weight excluding hydrogens is 468 g/mol. The predicted octanol–water partition coefficient (Wildman–Crippen LogP) is 5.24. The van der Waals surface area contributed by atoms with Crippen LogP contribution < -0.4 is 9.47 Å². The van der Waals surface area contributed by atoms with Gasteiger partial charge in [0.2, 0.25) is 0 Å². The summed E-state index contributed by atoms with van der Waals surface area (Å²) in [4.78, 5) is 31.4. The SMILES string of the molecule is CCOc1ccc(C(O)=C2C(=O)C(=O)N(CCc3c[nH]c4ccccc34)[C@@H]2c2ccc(OC)cc2)cc1. The van der Waals surface area contributed by atoms with E-state index in [4.69, 9.17) is 9.47 Å². The molecule has 5 rings (SSSR count). The zero-order chi connectivity index (χ0) is 25.9. The lowest BCUT2D eigenvalue weighted by molar-refractivity contribution is -0.139. The highest BCUT2D eigenvalue weighted by Gasteiger charge is 2.45. The Morgan fingerprint density at radius 2 is 1.68 bits per heavy atom. The number of amides is 1. The Balaban J connectivity index is 1.54. The summed E-state index contributed by atoms with van der Waals surface area (Å²) in [5, 5.41) is 12.4. The fourth-order valence-electron chi connectivity index (χ4n) is 4.85. The molecule has 1 aromatic heterocycles. The number of aromatic nitrogens is 1. The van der Waals surface area contributed by atoms with E-state index >= 15 is 0 Å². The number of ketones is 1. The molecule has 0 spiro atoms. The summed E-state index contributed by atoms with van der Waals surface area (Å²) in [7, 11) is 1.58. The highest BCUT2D eigenvalue weighted by Crippen LogP contribution is 2.40. The summed E-state index contributed by atoms with van der Waals surface area (Å²) in [6.45, 7) is 2.72. The van der Waals surface area contributed by atoms with Gasteiger partial charge in [-0.25, -0.2) is 0 Å². The molecule has 2 N–H and O–H groups in total. The minimum absolute atomic E-state index is 0.0678. The molecule has 0 unspecified atom stereocenters. The summed E-state index contributed by atoms with van der Waals surface area (Å²) in [6, 6.07) is 21.3. The molecule has 1 fully saturated rings. The van der Waals surface area contributed by atoms with Crippen LogP contribution in [0, 0.1) is 0 Å². The van der Waals surface area contributed by atoms with Crippen LogP contribution >= 0.6 is 0 Å². The molecule has 1 saturated heterocycles. The van der Waals surface area contributed by atoms with Crippen LogP contribution in [0.5, 0.6) is 11.5 Å². The first-order chi connectivity index (χ1) is 18.0. The second kappa shape index (κ2) is 10.2. The van der Waals surface area contributed by atoms with Gasteiger partial charge in [-0.05, 0) is 66.9 Å². The Morgan fingerprint density at radius 1 is 0.973 bits per heavy atom. The minimum atomic E-state index is -0.734. The molecule has 3 aromatic carbocycles. The number of ether oxygens (including phenoxy) is 2. The van der Waals surface area contributed by atoms with Crippen LogP contribution in [0.25, 0.3) is 16.7 Å². The quantitative estimate of drug-likeness (QED) is 0.198. The Morgan fingerprint density at radius 3 is 2.38 bits per heavy atom.